The molecule has 0 radical (unpaired) electrons. The van der Waals surface area contributed by atoms with Gasteiger partial charge in [0.15, 0.2) is 17.9 Å². The van der Waals surface area contributed by atoms with Crippen LogP contribution in [0.4, 0.5) is 13.2 Å². The second-order valence-corrected chi connectivity index (χ2v) is 4.05. The first kappa shape index (κ1) is 14.1. The summed E-state index contributed by atoms with van der Waals surface area (Å²) in [7, 11) is 0. The monoisotopic (exact) mass is 280 g/mol. The number of hydrogen-bond acceptors (Lipinski definition) is 2. The summed E-state index contributed by atoms with van der Waals surface area (Å²) in [5, 5.41) is 0. The molecule has 0 aliphatic rings. The number of rotatable bonds is 4. The molecule has 2 rings (SSSR count). The predicted molar refractivity (Wildman–Crippen MR) is 68.3 cm³/mol. The molecule has 0 amide bonds. The smallest absolute Gasteiger partial charge is 0.161 e. The molecule has 0 fully saturated rings. The summed E-state index contributed by atoms with van der Waals surface area (Å²) in [4.78, 5) is 10.9. The number of carbonyl (C=O) groups is 1. The molecule has 0 saturated carbocycles. The minimum atomic E-state index is -1.25. The lowest BCUT2D eigenvalue weighted by Crippen LogP contribution is -1.97. The van der Waals surface area contributed by atoms with Gasteiger partial charge in [-0.25, -0.2) is 13.2 Å². The number of benzene rings is 2. The molecule has 104 valence electrons. The van der Waals surface area contributed by atoms with Crippen LogP contribution in [-0.4, -0.2) is 12.9 Å². The molecule has 2 aromatic rings. The number of carbonyl (C=O) groups excluding carboxylic acids is 1. The molecule has 0 saturated heterocycles. The van der Waals surface area contributed by atoms with Crippen LogP contribution in [0.2, 0.25) is 0 Å². The van der Waals surface area contributed by atoms with Gasteiger partial charge in [0.05, 0.1) is 12.2 Å². The molecular weight excluding hydrogens is 269 g/mol. The van der Waals surface area contributed by atoms with Crippen LogP contribution in [0.25, 0.3) is 11.1 Å². The van der Waals surface area contributed by atoms with Crippen LogP contribution in [0.5, 0.6) is 5.75 Å². The summed E-state index contributed by atoms with van der Waals surface area (Å²) < 4.78 is 45.1. The van der Waals surface area contributed by atoms with E-state index in [1.807, 2.05) is 0 Å². The molecule has 20 heavy (non-hydrogen) atoms. The van der Waals surface area contributed by atoms with Crippen molar-refractivity contribution in [1.82, 2.24) is 0 Å². The third-order valence-electron chi connectivity index (χ3n) is 2.76. The van der Waals surface area contributed by atoms with E-state index in [0.717, 1.165) is 6.07 Å². The first-order chi connectivity index (χ1) is 9.56. The Morgan fingerprint density at radius 1 is 1.05 bits per heavy atom. The maximum absolute atomic E-state index is 13.7. The molecule has 0 aromatic heterocycles. The second-order valence-electron chi connectivity index (χ2n) is 4.05. The van der Waals surface area contributed by atoms with E-state index in [0.29, 0.717) is 30.1 Å². The molecule has 0 heterocycles. The Labute approximate surface area is 113 Å². The molecule has 0 aliphatic carbocycles. The van der Waals surface area contributed by atoms with E-state index < -0.39 is 17.5 Å². The lowest BCUT2D eigenvalue weighted by Gasteiger charge is -2.10. The molecule has 0 spiro atoms. The fourth-order valence-corrected chi connectivity index (χ4v) is 1.82. The van der Waals surface area contributed by atoms with Crippen LogP contribution in [0.1, 0.15) is 17.3 Å². The fraction of sp³-hybridized carbons (Fsp3) is 0.133. The standard InChI is InChI=1S/C15H11F3O2/c1-2-20-15-5-9(3-4-10(15)8-19)11-6-13(17)14(18)7-12(11)16/h3-8H,2H2,1H3. The molecule has 0 N–H and O–H groups in total. The van der Waals surface area contributed by atoms with Crippen molar-refractivity contribution in [1.29, 1.82) is 0 Å². The molecule has 0 bridgehead atoms. The average Bonchev–Trinajstić information content (AvgIpc) is 2.43. The molecule has 5 heteroatoms. The third kappa shape index (κ3) is 2.66. The topological polar surface area (TPSA) is 26.3 Å². The van der Waals surface area contributed by atoms with Crippen molar-refractivity contribution in [3.05, 3.63) is 53.3 Å². The summed E-state index contributed by atoms with van der Waals surface area (Å²) in [6.07, 6.45) is 0.608. The highest BCUT2D eigenvalue weighted by Crippen LogP contribution is 2.29. The minimum absolute atomic E-state index is 0.0951. The van der Waals surface area contributed by atoms with Crippen LogP contribution in [0, 0.1) is 17.5 Å². The predicted octanol–water partition coefficient (Wildman–Crippen LogP) is 3.98. The number of ether oxygens (including phenoxy) is 1. The number of hydrogen-bond donors (Lipinski definition) is 0. The van der Waals surface area contributed by atoms with Crippen LogP contribution in [0.15, 0.2) is 30.3 Å². The highest BCUT2D eigenvalue weighted by Gasteiger charge is 2.13. The molecule has 2 aromatic carbocycles. The lowest BCUT2D eigenvalue weighted by molar-refractivity contribution is 0.112. The highest BCUT2D eigenvalue weighted by atomic mass is 19.2. The van der Waals surface area contributed by atoms with E-state index in [2.05, 4.69) is 0 Å². The van der Waals surface area contributed by atoms with Gasteiger partial charge >= 0.3 is 0 Å². The Kier molecular flexibility index (Phi) is 4.08. The normalized spacial score (nSPS) is 10.4. The van der Waals surface area contributed by atoms with Crippen molar-refractivity contribution in [3.8, 4) is 16.9 Å². The Hall–Kier alpha value is -2.30. The summed E-state index contributed by atoms with van der Waals surface area (Å²) in [5.74, 6) is -3.01. The maximum atomic E-state index is 13.7. The van der Waals surface area contributed by atoms with Crippen LogP contribution in [0.3, 0.4) is 0 Å². The SMILES string of the molecule is CCOc1cc(-c2cc(F)c(F)cc2F)ccc1C=O. The van der Waals surface area contributed by atoms with Crippen molar-refractivity contribution in [2.75, 3.05) is 6.61 Å². The zero-order valence-corrected chi connectivity index (χ0v) is 10.6. The van der Waals surface area contributed by atoms with Crippen molar-refractivity contribution in [2.45, 2.75) is 6.92 Å². The van der Waals surface area contributed by atoms with Crippen molar-refractivity contribution in [2.24, 2.45) is 0 Å². The van der Waals surface area contributed by atoms with Gasteiger partial charge in [-0.1, -0.05) is 6.07 Å². The van der Waals surface area contributed by atoms with E-state index >= 15 is 0 Å². The third-order valence-corrected chi connectivity index (χ3v) is 2.76. The number of halogens is 3. The average molecular weight is 280 g/mol. The minimum Gasteiger partial charge on any atom is -0.493 e. The van der Waals surface area contributed by atoms with Gasteiger partial charge < -0.3 is 4.74 Å². The van der Waals surface area contributed by atoms with Gasteiger partial charge in [-0.05, 0) is 30.7 Å². The molecule has 0 atom stereocenters. The summed E-state index contributed by atoms with van der Waals surface area (Å²) in [6.45, 7) is 2.06. The lowest BCUT2D eigenvalue weighted by atomic mass is 10.0. The summed E-state index contributed by atoms with van der Waals surface area (Å²) in [5.41, 5.74) is 0.511. The van der Waals surface area contributed by atoms with Gasteiger partial charge in [0.25, 0.3) is 0 Å². The van der Waals surface area contributed by atoms with E-state index in [9.17, 15) is 18.0 Å². The van der Waals surface area contributed by atoms with Gasteiger partial charge in [0.2, 0.25) is 0 Å². The van der Waals surface area contributed by atoms with Gasteiger partial charge in [-0.2, -0.15) is 0 Å². The van der Waals surface area contributed by atoms with Gasteiger partial charge in [-0.15, -0.1) is 0 Å². The quantitative estimate of drug-likeness (QED) is 0.625. The number of aldehydes is 1. The zero-order valence-electron chi connectivity index (χ0n) is 10.6. The van der Waals surface area contributed by atoms with E-state index in [4.69, 9.17) is 4.74 Å². The van der Waals surface area contributed by atoms with Gasteiger partial charge in [0.1, 0.15) is 11.6 Å². The molecule has 2 nitrogen and oxygen atoms in total. The van der Waals surface area contributed by atoms with E-state index in [-0.39, 0.29) is 11.3 Å². The maximum Gasteiger partial charge on any atom is 0.161 e. The Bertz CT molecular complexity index is 654. The van der Waals surface area contributed by atoms with Crippen LogP contribution < -0.4 is 4.74 Å². The highest BCUT2D eigenvalue weighted by molar-refractivity contribution is 5.82. The Balaban J connectivity index is 2.55. The van der Waals surface area contributed by atoms with Crippen molar-refractivity contribution >= 4 is 6.29 Å². The van der Waals surface area contributed by atoms with E-state index in [1.165, 1.54) is 18.2 Å². The van der Waals surface area contributed by atoms with Crippen LogP contribution >= 0.6 is 0 Å². The Morgan fingerprint density at radius 3 is 2.40 bits per heavy atom. The van der Waals surface area contributed by atoms with Crippen LogP contribution in [-0.2, 0) is 0 Å². The molecular formula is C15H11F3O2. The first-order valence-corrected chi connectivity index (χ1v) is 5.93. The van der Waals surface area contributed by atoms with Gasteiger partial charge in [0, 0.05) is 11.6 Å². The largest absolute Gasteiger partial charge is 0.493 e. The fourth-order valence-electron chi connectivity index (χ4n) is 1.82. The first-order valence-electron chi connectivity index (χ1n) is 5.93. The zero-order chi connectivity index (χ0) is 14.7. The van der Waals surface area contributed by atoms with Crippen molar-refractivity contribution < 1.29 is 22.7 Å². The van der Waals surface area contributed by atoms with E-state index in [1.54, 1.807) is 6.92 Å². The summed E-state index contributed by atoms with van der Waals surface area (Å²) >= 11 is 0. The molecule has 0 aliphatic heterocycles. The Morgan fingerprint density at radius 2 is 1.75 bits per heavy atom. The van der Waals surface area contributed by atoms with Gasteiger partial charge in [-0.3, -0.25) is 4.79 Å². The second kappa shape index (κ2) is 5.77. The molecule has 0 unspecified atom stereocenters. The summed E-state index contributed by atoms with van der Waals surface area (Å²) in [6, 6.07) is 5.56. The van der Waals surface area contributed by atoms with Crippen molar-refractivity contribution in [3.63, 3.8) is 0 Å².